The van der Waals surface area contributed by atoms with E-state index in [1.54, 1.807) is 0 Å². The second-order valence-electron chi connectivity index (χ2n) is 3.70. The SMILES string of the molecule is CN(CC1CC1)C1CNC1. The molecule has 0 radical (unpaired) electrons. The van der Waals surface area contributed by atoms with E-state index in [0.717, 1.165) is 12.0 Å². The van der Waals surface area contributed by atoms with Crippen molar-refractivity contribution in [3.63, 3.8) is 0 Å². The van der Waals surface area contributed by atoms with E-state index < -0.39 is 0 Å². The van der Waals surface area contributed by atoms with Crippen molar-refractivity contribution in [2.24, 2.45) is 5.92 Å². The van der Waals surface area contributed by atoms with Crippen LogP contribution in [0.4, 0.5) is 0 Å². The predicted octanol–water partition coefficient (Wildman–Crippen LogP) is 0.300. The van der Waals surface area contributed by atoms with Crippen molar-refractivity contribution in [3.8, 4) is 0 Å². The highest BCUT2D eigenvalue weighted by Crippen LogP contribution is 2.29. The Balaban J connectivity index is 1.69. The Kier molecular flexibility index (Phi) is 1.66. The summed E-state index contributed by atoms with van der Waals surface area (Å²) in [6, 6.07) is 0.848. The largest absolute Gasteiger partial charge is 0.314 e. The molecule has 2 rings (SSSR count). The molecule has 1 heterocycles. The molecule has 1 N–H and O–H groups in total. The molecule has 2 nitrogen and oxygen atoms in total. The molecule has 10 heavy (non-hydrogen) atoms. The lowest BCUT2D eigenvalue weighted by Crippen LogP contribution is -2.56. The lowest BCUT2D eigenvalue weighted by Gasteiger charge is -2.35. The molecule has 2 fully saturated rings. The fourth-order valence-corrected chi connectivity index (χ4v) is 1.44. The van der Waals surface area contributed by atoms with Crippen molar-refractivity contribution >= 4 is 0 Å². The minimum atomic E-state index is 0.848. The summed E-state index contributed by atoms with van der Waals surface area (Å²) in [5, 5.41) is 3.29. The number of nitrogens with zero attached hydrogens (tertiary/aromatic N) is 1. The van der Waals surface area contributed by atoms with E-state index in [2.05, 4.69) is 17.3 Å². The molecule has 0 bridgehead atoms. The normalized spacial score (nSPS) is 27.0. The van der Waals surface area contributed by atoms with Crippen LogP contribution in [0.1, 0.15) is 12.8 Å². The summed E-state index contributed by atoms with van der Waals surface area (Å²) >= 11 is 0. The Morgan fingerprint density at radius 3 is 2.50 bits per heavy atom. The summed E-state index contributed by atoms with van der Waals surface area (Å²) in [4.78, 5) is 2.51. The van der Waals surface area contributed by atoms with Crippen LogP contribution >= 0.6 is 0 Å². The van der Waals surface area contributed by atoms with Crippen LogP contribution in [-0.2, 0) is 0 Å². The standard InChI is InChI=1S/C8H16N2/c1-10(6-7-2-3-7)8-4-9-5-8/h7-9H,2-6H2,1H3. The Bertz CT molecular complexity index is 116. The van der Waals surface area contributed by atoms with E-state index in [1.165, 1.54) is 32.5 Å². The van der Waals surface area contributed by atoms with E-state index in [4.69, 9.17) is 0 Å². The number of likely N-dealkylation sites (N-methyl/N-ethyl adjacent to an activating group) is 1. The zero-order valence-electron chi connectivity index (χ0n) is 6.64. The summed E-state index contributed by atoms with van der Waals surface area (Å²) in [5.74, 6) is 1.05. The van der Waals surface area contributed by atoms with Gasteiger partial charge in [-0.1, -0.05) is 0 Å². The lowest BCUT2D eigenvalue weighted by molar-refractivity contribution is 0.174. The topological polar surface area (TPSA) is 15.3 Å². The average molecular weight is 140 g/mol. The van der Waals surface area contributed by atoms with Crippen molar-refractivity contribution in [1.29, 1.82) is 0 Å². The van der Waals surface area contributed by atoms with Crippen LogP contribution in [-0.4, -0.2) is 37.6 Å². The van der Waals surface area contributed by atoms with Gasteiger partial charge in [0.25, 0.3) is 0 Å². The van der Waals surface area contributed by atoms with Gasteiger partial charge in [0.2, 0.25) is 0 Å². The van der Waals surface area contributed by atoms with Crippen LogP contribution in [0.3, 0.4) is 0 Å². The van der Waals surface area contributed by atoms with Gasteiger partial charge in [0.05, 0.1) is 0 Å². The zero-order chi connectivity index (χ0) is 6.97. The molecule has 1 saturated heterocycles. The van der Waals surface area contributed by atoms with Crippen molar-refractivity contribution < 1.29 is 0 Å². The van der Waals surface area contributed by atoms with E-state index in [0.29, 0.717) is 0 Å². The highest BCUT2D eigenvalue weighted by molar-refractivity contribution is 4.86. The highest BCUT2D eigenvalue weighted by atomic mass is 15.2. The third-order valence-electron chi connectivity index (χ3n) is 2.63. The zero-order valence-corrected chi connectivity index (χ0v) is 6.64. The van der Waals surface area contributed by atoms with Gasteiger partial charge in [-0.15, -0.1) is 0 Å². The molecule has 1 saturated carbocycles. The summed E-state index contributed by atoms with van der Waals surface area (Å²) in [6.07, 6.45) is 2.95. The van der Waals surface area contributed by atoms with Crippen LogP contribution in [0.5, 0.6) is 0 Å². The van der Waals surface area contributed by atoms with Gasteiger partial charge < -0.3 is 10.2 Å². The third-order valence-corrected chi connectivity index (χ3v) is 2.63. The van der Waals surface area contributed by atoms with E-state index in [9.17, 15) is 0 Å². The Labute approximate surface area is 62.6 Å². The Morgan fingerprint density at radius 1 is 1.40 bits per heavy atom. The molecule has 58 valence electrons. The quantitative estimate of drug-likeness (QED) is 0.606. The maximum Gasteiger partial charge on any atom is 0.0342 e. The average Bonchev–Trinajstić information content (AvgIpc) is 2.43. The van der Waals surface area contributed by atoms with E-state index in [1.807, 2.05) is 0 Å². The summed E-state index contributed by atoms with van der Waals surface area (Å²) in [5.41, 5.74) is 0. The third kappa shape index (κ3) is 1.32. The van der Waals surface area contributed by atoms with Gasteiger partial charge >= 0.3 is 0 Å². The van der Waals surface area contributed by atoms with Crippen molar-refractivity contribution in [3.05, 3.63) is 0 Å². The first-order valence-corrected chi connectivity index (χ1v) is 4.27. The van der Waals surface area contributed by atoms with Crippen LogP contribution in [0.15, 0.2) is 0 Å². The molecule has 0 aromatic rings. The van der Waals surface area contributed by atoms with Crippen LogP contribution in [0.25, 0.3) is 0 Å². The molecule has 2 aliphatic rings. The van der Waals surface area contributed by atoms with Gasteiger partial charge in [-0.2, -0.15) is 0 Å². The first-order chi connectivity index (χ1) is 4.86. The predicted molar refractivity (Wildman–Crippen MR) is 42.0 cm³/mol. The maximum atomic E-state index is 3.29. The number of nitrogens with one attached hydrogen (secondary N) is 1. The molecule has 1 aliphatic heterocycles. The number of rotatable bonds is 3. The smallest absolute Gasteiger partial charge is 0.0342 e. The van der Waals surface area contributed by atoms with Gasteiger partial charge in [-0.25, -0.2) is 0 Å². The minimum Gasteiger partial charge on any atom is -0.314 e. The van der Waals surface area contributed by atoms with Gasteiger partial charge in [0.15, 0.2) is 0 Å². The van der Waals surface area contributed by atoms with Gasteiger partial charge in [-0.3, -0.25) is 0 Å². The van der Waals surface area contributed by atoms with Crippen LogP contribution in [0, 0.1) is 5.92 Å². The second-order valence-corrected chi connectivity index (χ2v) is 3.70. The molecule has 0 unspecified atom stereocenters. The Hall–Kier alpha value is -0.0800. The molecule has 2 heteroatoms. The highest BCUT2D eigenvalue weighted by Gasteiger charge is 2.28. The van der Waals surface area contributed by atoms with Crippen LogP contribution in [0.2, 0.25) is 0 Å². The summed E-state index contributed by atoms with van der Waals surface area (Å²) in [6.45, 7) is 3.76. The van der Waals surface area contributed by atoms with E-state index in [-0.39, 0.29) is 0 Å². The van der Waals surface area contributed by atoms with Crippen molar-refractivity contribution in [1.82, 2.24) is 10.2 Å². The molecular weight excluding hydrogens is 124 g/mol. The molecule has 0 amide bonds. The molecule has 0 spiro atoms. The monoisotopic (exact) mass is 140 g/mol. The molecule has 1 aliphatic carbocycles. The van der Waals surface area contributed by atoms with Crippen LogP contribution < -0.4 is 5.32 Å². The minimum absolute atomic E-state index is 0.848. The second kappa shape index (κ2) is 2.51. The van der Waals surface area contributed by atoms with Crippen molar-refractivity contribution in [2.45, 2.75) is 18.9 Å². The lowest BCUT2D eigenvalue weighted by atomic mass is 10.1. The molecular formula is C8H16N2. The molecule has 0 aromatic carbocycles. The first kappa shape index (κ1) is 6.62. The van der Waals surface area contributed by atoms with Gasteiger partial charge in [-0.05, 0) is 25.8 Å². The number of hydrogen-bond donors (Lipinski definition) is 1. The molecule has 0 aromatic heterocycles. The van der Waals surface area contributed by atoms with Crippen molar-refractivity contribution in [2.75, 3.05) is 26.7 Å². The summed E-state index contributed by atoms with van der Waals surface area (Å²) in [7, 11) is 2.25. The first-order valence-electron chi connectivity index (χ1n) is 4.27. The summed E-state index contributed by atoms with van der Waals surface area (Å²) < 4.78 is 0. The van der Waals surface area contributed by atoms with Gasteiger partial charge in [0, 0.05) is 25.7 Å². The molecule has 0 atom stereocenters. The Morgan fingerprint density at radius 2 is 2.10 bits per heavy atom. The fraction of sp³-hybridized carbons (Fsp3) is 1.00. The fourth-order valence-electron chi connectivity index (χ4n) is 1.44. The van der Waals surface area contributed by atoms with Gasteiger partial charge in [0.1, 0.15) is 0 Å². The maximum absolute atomic E-state index is 3.29. The van der Waals surface area contributed by atoms with E-state index >= 15 is 0 Å². The number of hydrogen-bond acceptors (Lipinski definition) is 2.